The van der Waals surface area contributed by atoms with Crippen LogP contribution in [0, 0.1) is 6.92 Å². The first-order valence-corrected chi connectivity index (χ1v) is 6.27. The minimum absolute atomic E-state index is 0.0767. The number of benzene rings is 1. The number of furan rings is 1. The van der Waals surface area contributed by atoms with Crippen molar-refractivity contribution in [1.82, 2.24) is 5.32 Å². The minimum atomic E-state index is -0.280. The second-order valence-corrected chi connectivity index (χ2v) is 4.52. The highest BCUT2D eigenvalue weighted by Gasteiger charge is 2.13. The van der Waals surface area contributed by atoms with Gasteiger partial charge in [0, 0.05) is 12.5 Å². The van der Waals surface area contributed by atoms with Crippen LogP contribution in [0.5, 0.6) is 0 Å². The lowest BCUT2D eigenvalue weighted by atomic mass is 9.99. The summed E-state index contributed by atoms with van der Waals surface area (Å²) >= 11 is 0. The molecule has 0 aliphatic carbocycles. The van der Waals surface area contributed by atoms with Gasteiger partial charge in [0.1, 0.15) is 5.76 Å². The van der Waals surface area contributed by atoms with Gasteiger partial charge in [-0.05, 0) is 30.2 Å². The second kappa shape index (κ2) is 6.20. The Balaban J connectivity index is 1.87. The summed E-state index contributed by atoms with van der Waals surface area (Å²) < 4.78 is 5.15. The topological polar surface area (TPSA) is 68.3 Å². The molecule has 0 radical (unpaired) electrons. The third-order valence-corrected chi connectivity index (χ3v) is 3.03. The number of hydrogen-bond acceptors (Lipinski definition) is 3. The van der Waals surface area contributed by atoms with Gasteiger partial charge in [0.05, 0.1) is 12.8 Å². The van der Waals surface area contributed by atoms with Gasteiger partial charge in [-0.3, -0.25) is 4.79 Å². The molecule has 0 spiro atoms. The maximum absolute atomic E-state index is 11.8. The van der Waals surface area contributed by atoms with Gasteiger partial charge in [0.25, 0.3) is 0 Å². The standard InChI is InChI=1S/C15H18N2O2/c1-11-5-2-3-7-13(11)14(16)9-15(18)17-10-12-6-4-8-19-12/h2-8,14H,9-10,16H2,1H3,(H,17,18)/t14-/m0/s1. The average Bonchev–Trinajstić information content (AvgIpc) is 2.90. The quantitative estimate of drug-likeness (QED) is 0.864. The van der Waals surface area contributed by atoms with Gasteiger partial charge < -0.3 is 15.5 Å². The van der Waals surface area contributed by atoms with Crippen LogP contribution in [0.4, 0.5) is 0 Å². The van der Waals surface area contributed by atoms with Crippen molar-refractivity contribution in [3.8, 4) is 0 Å². The summed E-state index contributed by atoms with van der Waals surface area (Å²) in [4.78, 5) is 11.8. The van der Waals surface area contributed by atoms with Crippen LogP contribution in [0.25, 0.3) is 0 Å². The molecule has 3 N–H and O–H groups in total. The normalized spacial score (nSPS) is 12.1. The van der Waals surface area contributed by atoms with Crippen molar-refractivity contribution in [1.29, 1.82) is 0 Å². The molecule has 0 aliphatic heterocycles. The molecular formula is C15H18N2O2. The number of hydrogen-bond donors (Lipinski definition) is 2. The molecule has 1 aromatic carbocycles. The van der Waals surface area contributed by atoms with Crippen molar-refractivity contribution >= 4 is 5.91 Å². The number of carbonyl (C=O) groups excluding carboxylic acids is 1. The van der Waals surface area contributed by atoms with E-state index >= 15 is 0 Å². The molecule has 1 amide bonds. The van der Waals surface area contributed by atoms with Crippen molar-refractivity contribution in [2.45, 2.75) is 25.9 Å². The van der Waals surface area contributed by atoms with Crippen LogP contribution in [0.3, 0.4) is 0 Å². The van der Waals surface area contributed by atoms with Crippen LogP contribution in [-0.4, -0.2) is 5.91 Å². The Hall–Kier alpha value is -2.07. The number of rotatable bonds is 5. The average molecular weight is 258 g/mol. The molecule has 0 bridgehead atoms. The van der Waals surface area contributed by atoms with Crippen LogP contribution in [0.15, 0.2) is 47.1 Å². The van der Waals surface area contributed by atoms with E-state index in [0.29, 0.717) is 6.54 Å². The zero-order valence-corrected chi connectivity index (χ0v) is 10.9. The predicted octanol–water partition coefficient (Wildman–Crippen LogP) is 2.29. The molecule has 2 rings (SSSR count). The smallest absolute Gasteiger partial charge is 0.222 e. The van der Waals surface area contributed by atoms with E-state index in [-0.39, 0.29) is 18.4 Å². The minimum Gasteiger partial charge on any atom is -0.467 e. The summed E-state index contributed by atoms with van der Waals surface area (Å²) in [6, 6.07) is 11.2. The highest BCUT2D eigenvalue weighted by molar-refractivity contribution is 5.76. The number of amides is 1. The summed E-state index contributed by atoms with van der Waals surface area (Å²) in [5.41, 5.74) is 8.18. The van der Waals surface area contributed by atoms with Crippen LogP contribution in [-0.2, 0) is 11.3 Å². The molecular weight excluding hydrogens is 240 g/mol. The Labute approximate surface area is 112 Å². The molecule has 0 saturated heterocycles. The molecule has 19 heavy (non-hydrogen) atoms. The zero-order chi connectivity index (χ0) is 13.7. The van der Waals surface area contributed by atoms with E-state index < -0.39 is 0 Å². The van der Waals surface area contributed by atoms with E-state index in [1.54, 1.807) is 12.3 Å². The number of nitrogens with one attached hydrogen (secondary N) is 1. The largest absolute Gasteiger partial charge is 0.467 e. The highest BCUT2D eigenvalue weighted by Crippen LogP contribution is 2.17. The van der Waals surface area contributed by atoms with Gasteiger partial charge in [0.15, 0.2) is 0 Å². The first-order chi connectivity index (χ1) is 9.16. The molecule has 4 heteroatoms. The van der Waals surface area contributed by atoms with Crippen molar-refractivity contribution in [3.05, 3.63) is 59.5 Å². The molecule has 1 atom stereocenters. The molecule has 1 aromatic heterocycles. The molecule has 1 heterocycles. The Morgan fingerprint density at radius 2 is 2.11 bits per heavy atom. The maximum atomic E-state index is 11.8. The van der Waals surface area contributed by atoms with E-state index in [0.717, 1.165) is 16.9 Å². The fourth-order valence-electron chi connectivity index (χ4n) is 1.98. The number of carbonyl (C=O) groups is 1. The summed E-state index contributed by atoms with van der Waals surface area (Å²) in [7, 11) is 0. The first kappa shape index (κ1) is 13.4. The van der Waals surface area contributed by atoms with Crippen molar-refractivity contribution in [2.24, 2.45) is 5.73 Å². The van der Waals surface area contributed by atoms with Crippen molar-refractivity contribution in [3.63, 3.8) is 0 Å². The third kappa shape index (κ3) is 3.69. The van der Waals surface area contributed by atoms with Crippen LogP contribution in [0.2, 0.25) is 0 Å². The highest BCUT2D eigenvalue weighted by atomic mass is 16.3. The zero-order valence-electron chi connectivity index (χ0n) is 10.9. The summed E-state index contributed by atoms with van der Waals surface area (Å²) in [5.74, 6) is 0.657. The fraction of sp³-hybridized carbons (Fsp3) is 0.267. The molecule has 2 aromatic rings. The third-order valence-electron chi connectivity index (χ3n) is 3.03. The van der Waals surface area contributed by atoms with Gasteiger partial charge >= 0.3 is 0 Å². The van der Waals surface area contributed by atoms with Crippen LogP contribution < -0.4 is 11.1 Å². The second-order valence-electron chi connectivity index (χ2n) is 4.52. The van der Waals surface area contributed by atoms with E-state index in [4.69, 9.17) is 10.2 Å². The Kier molecular flexibility index (Phi) is 4.36. The molecule has 0 aliphatic rings. The van der Waals surface area contributed by atoms with E-state index in [1.807, 2.05) is 37.3 Å². The molecule has 0 fully saturated rings. The molecule has 0 saturated carbocycles. The SMILES string of the molecule is Cc1ccccc1[C@@H](N)CC(=O)NCc1ccco1. The van der Waals surface area contributed by atoms with E-state index in [2.05, 4.69) is 5.32 Å². The van der Waals surface area contributed by atoms with Gasteiger partial charge in [0.2, 0.25) is 5.91 Å². The fourth-order valence-corrected chi connectivity index (χ4v) is 1.98. The maximum Gasteiger partial charge on any atom is 0.222 e. The van der Waals surface area contributed by atoms with Crippen LogP contribution in [0.1, 0.15) is 29.3 Å². The van der Waals surface area contributed by atoms with Gasteiger partial charge in [-0.2, -0.15) is 0 Å². The summed E-state index contributed by atoms with van der Waals surface area (Å²) in [6.07, 6.45) is 1.85. The molecule has 4 nitrogen and oxygen atoms in total. The number of aryl methyl sites for hydroxylation is 1. The molecule has 100 valence electrons. The molecule has 0 unspecified atom stereocenters. The lowest BCUT2D eigenvalue weighted by Gasteiger charge is -2.14. The Morgan fingerprint density at radius 1 is 1.32 bits per heavy atom. The van der Waals surface area contributed by atoms with E-state index in [1.165, 1.54) is 0 Å². The first-order valence-electron chi connectivity index (χ1n) is 6.27. The van der Waals surface area contributed by atoms with Crippen molar-refractivity contribution in [2.75, 3.05) is 0 Å². The number of nitrogens with two attached hydrogens (primary N) is 1. The summed E-state index contributed by atoms with van der Waals surface area (Å²) in [6.45, 7) is 2.39. The Morgan fingerprint density at radius 3 is 2.79 bits per heavy atom. The predicted molar refractivity (Wildman–Crippen MR) is 73.3 cm³/mol. The lowest BCUT2D eigenvalue weighted by Crippen LogP contribution is -2.27. The lowest BCUT2D eigenvalue weighted by molar-refractivity contribution is -0.121. The Bertz CT molecular complexity index is 535. The van der Waals surface area contributed by atoms with Gasteiger partial charge in [-0.1, -0.05) is 24.3 Å². The van der Waals surface area contributed by atoms with Gasteiger partial charge in [-0.15, -0.1) is 0 Å². The monoisotopic (exact) mass is 258 g/mol. The summed E-state index contributed by atoms with van der Waals surface area (Å²) in [5, 5.41) is 2.79. The van der Waals surface area contributed by atoms with E-state index in [9.17, 15) is 4.79 Å². The van der Waals surface area contributed by atoms with Crippen LogP contribution >= 0.6 is 0 Å². The van der Waals surface area contributed by atoms with Crippen molar-refractivity contribution < 1.29 is 9.21 Å². The van der Waals surface area contributed by atoms with Gasteiger partial charge in [-0.25, -0.2) is 0 Å².